The summed E-state index contributed by atoms with van der Waals surface area (Å²) in [4.78, 5) is 24.5. The SMILES string of the molecule is CC(Oc1ccc(C(C)C)cc1)C(=O)Nc1cccc(NC(=O)c2ccco2)c1. The Morgan fingerprint density at radius 3 is 2.21 bits per heavy atom. The Bertz CT molecular complexity index is 963. The molecule has 3 aromatic rings. The molecule has 0 aliphatic heterocycles. The molecule has 0 aliphatic rings. The molecule has 6 nitrogen and oxygen atoms in total. The number of hydrogen-bond donors (Lipinski definition) is 2. The van der Waals surface area contributed by atoms with Gasteiger partial charge < -0.3 is 19.8 Å². The number of furan rings is 1. The Balaban J connectivity index is 1.58. The van der Waals surface area contributed by atoms with Crippen molar-refractivity contribution >= 4 is 23.2 Å². The molecule has 1 heterocycles. The molecule has 0 spiro atoms. The van der Waals surface area contributed by atoms with Crippen molar-refractivity contribution < 1.29 is 18.7 Å². The number of carbonyl (C=O) groups excluding carboxylic acids is 2. The van der Waals surface area contributed by atoms with E-state index in [1.165, 1.54) is 11.8 Å². The first-order valence-electron chi connectivity index (χ1n) is 9.45. The van der Waals surface area contributed by atoms with Gasteiger partial charge in [-0.05, 0) is 60.9 Å². The third kappa shape index (κ3) is 5.48. The van der Waals surface area contributed by atoms with Crippen LogP contribution < -0.4 is 15.4 Å². The quantitative estimate of drug-likeness (QED) is 0.589. The van der Waals surface area contributed by atoms with Crippen LogP contribution in [-0.2, 0) is 4.79 Å². The lowest BCUT2D eigenvalue weighted by atomic mass is 10.0. The molecule has 1 aromatic heterocycles. The number of hydrogen-bond acceptors (Lipinski definition) is 4. The Hall–Kier alpha value is -3.54. The predicted octanol–water partition coefficient (Wildman–Crippen LogP) is 5.06. The van der Waals surface area contributed by atoms with Gasteiger partial charge in [0.05, 0.1) is 6.26 Å². The molecule has 29 heavy (non-hydrogen) atoms. The first-order valence-corrected chi connectivity index (χ1v) is 9.45. The van der Waals surface area contributed by atoms with Crippen LogP contribution in [0.3, 0.4) is 0 Å². The number of ether oxygens (including phenoxy) is 1. The fourth-order valence-electron chi connectivity index (χ4n) is 2.71. The lowest BCUT2D eigenvalue weighted by molar-refractivity contribution is -0.122. The molecule has 6 heteroatoms. The summed E-state index contributed by atoms with van der Waals surface area (Å²) >= 11 is 0. The van der Waals surface area contributed by atoms with E-state index in [4.69, 9.17) is 9.15 Å². The van der Waals surface area contributed by atoms with Gasteiger partial charge in [0.2, 0.25) is 0 Å². The Morgan fingerprint density at radius 2 is 1.59 bits per heavy atom. The van der Waals surface area contributed by atoms with E-state index < -0.39 is 6.10 Å². The van der Waals surface area contributed by atoms with Crippen molar-refractivity contribution in [2.75, 3.05) is 10.6 Å². The van der Waals surface area contributed by atoms with Crippen molar-refractivity contribution in [3.8, 4) is 5.75 Å². The van der Waals surface area contributed by atoms with E-state index in [1.807, 2.05) is 24.3 Å². The maximum Gasteiger partial charge on any atom is 0.291 e. The summed E-state index contributed by atoms with van der Waals surface area (Å²) in [6.45, 7) is 5.93. The van der Waals surface area contributed by atoms with Gasteiger partial charge in [0.1, 0.15) is 5.75 Å². The number of nitrogens with one attached hydrogen (secondary N) is 2. The van der Waals surface area contributed by atoms with Crippen molar-refractivity contribution in [3.05, 3.63) is 78.3 Å². The zero-order chi connectivity index (χ0) is 20.8. The smallest absolute Gasteiger partial charge is 0.291 e. The molecule has 0 bridgehead atoms. The molecule has 3 rings (SSSR count). The van der Waals surface area contributed by atoms with Gasteiger partial charge in [-0.25, -0.2) is 0 Å². The largest absolute Gasteiger partial charge is 0.481 e. The number of amides is 2. The highest BCUT2D eigenvalue weighted by Crippen LogP contribution is 2.20. The molecule has 1 unspecified atom stereocenters. The average Bonchev–Trinajstić information content (AvgIpc) is 3.23. The molecule has 0 aliphatic carbocycles. The minimum atomic E-state index is -0.679. The van der Waals surface area contributed by atoms with Crippen LogP contribution in [0.25, 0.3) is 0 Å². The van der Waals surface area contributed by atoms with Crippen molar-refractivity contribution in [1.29, 1.82) is 0 Å². The topological polar surface area (TPSA) is 80.6 Å². The summed E-state index contributed by atoms with van der Waals surface area (Å²) < 4.78 is 10.8. The van der Waals surface area contributed by atoms with Gasteiger partial charge in [0.25, 0.3) is 11.8 Å². The number of carbonyl (C=O) groups is 2. The van der Waals surface area contributed by atoms with Crippen molar-refractivity contribution in [3.63, 3.8) is 0 Å². The van der Waals surface area contributed by atoms with Gasteiger partial charge in [-0.15, -0.1) is 0 Å². The van der Waals surface area contributed by atoms with Crippen LogP contribution in [0.4, 0.5) is 11.4 Å². The van der Waals surface area contributed by atoms with Crippen molar-refractivity contribution in [1.82, 2.24) is 0 Å². The molecule has 0 radical (unpaired) electrons. The van der Waals surface area contributed by atoms with E-state index in [9.17, 15) is 9.59 Å². The molecule has 2 aromatic carbocycles. The summed E-state index contributed by atoms with van der Waals surface area (Å²) in [6, 6.07) is 17.8. The van der Waals surface area contributed by atoms with Gasteiger partial charge in [-0.2, -0.15) is 0 Å². The summed E-state index contributed by atoms with van der Waals surface area (Å²) in [5.74, 6) is 0.638. The molecule has 0 saturated heterocycles. The van der Waals surface area contributed by atoms with E-state index in [2.05, 4.69) is 24.5 Å². The number of benzene rings is 2. The lowest BCUT2D eigenvalue weighted by Gasteiger charge is -2.16. The molecular weight excluding hydrogens is 368 g/mol. The molecule has 150 valence electrons. The van der Waals surface area contributed by atoms with Gasteiger partial charge in [0.15, 0.2) is 11.9 Å². The molecule has 0 saturated carbocycles. The second-order valence-corrected chi connectivity index (χ2v) is 6.99. The first-order chi connectivity index (χ1) is 13.9. The highest BCUT2D eigenvalue weighted by Gasteiger charge is 2.16. The zero-order valence-corrected chi connectivity index (χ0v) is 16.6. The van der Waals surface area contributed by atoms with Gasteiger partial charge in [-0.3, -0.25) is 9.59 Å². The third-order valence-corrected chi connectivity index (χ3v) is 4.36. The summed E-state index contributed by atoms with van der Waals surface area (Å²) in [5, 5.41) is 5.53. The maximum atomic E-state index is 12.5. The Labute approximate surface area is 169 Å². The highest BCUT2D eigenvalue weighted by molar-refractivity contribution is 6.02. The fourth-order valence-corrected chi connectivity index (χ4v) is 2.71. The predicted molar refractivity (Wildman–Crippen MR) is 112 cm³/mol. The minimum Gasteiger partial charge on any atom is -0.481 e. The minimum absolute atomic E-state index is 0.213. The highest BCUT2D eigenvalue weighted by atomic mass is 16.5. The van der Waals surface area contributed by atoms with E-state index in [1.54, 1.807) is 43.3 Å². The Kier molecular flexibility index (Phi) is 6.34. The molecule has 2 amide bonds. The molecule has 2 N–H and O–H groups in total. The molecule has 1 atom stereocenters. The third-order valence-electron chi connectivity index (χ3n) is 4.36. The molecular formula is C23H24N2O4. The van der Waals surface area contributed by atoms with Crippen LogP contribution >= 0.6 is 0 Å². The monoisotopic (exact) mass is 392 g/mol. The second kappa shape index (κ2) is 9.10. The molecule has 0 fully saturated rings. The van der Waals surface area contributed by atoms with Gasteiger partial charge >= 0.3 is 0 Å². The summed E-state index contributed by atoms with van der Waals surface area (Å²) in [5.41, 5.74) is 2.31. The van der Waals surface area contributed by atoms with Crippen LogP contribution in [0.2, 0.25) is 0 Å². The average molecular weight is 392 g/mol. The van der Waals surface area contributed by atoms with Crippen LogP contribution in [0.15, 0.2) is 71.3 Å². The number of rotatable bonds is 7. The van der Waals surface area contributed by atoms with Crippen LogP contribution in [-0.4, -0.2) is 17.9 Å². The zero-order valence-electron chi connectivity index (χ0n) is 16.6. The van der Waals surface area contributed by atoms with Crippen molar-refractivity contribution in [2.45, 2.75) is 32.8 Å². The van der Waals surface area contributed by atoms with Crippen LogP contribution in [0.1, 0.15) is 42.8 Å². The van der Waals surface area contributed by atoms with E-state index in [0.717, 1.165) is 0 Å². The normalized spacial score (nSPS) is 11.7. The standard InChI is InChI=1S/C23H24N2O4/c1-15(2)17-9-11-20(12-10-17)29-16(3)22(26)24-18-6-4-7-19(14-18)25-23(27)21-8-5-13-28-21/h4-16H,1-3H3,(H,24,26)(H,25,27). The van der Waals surface area contributed by atoms with E-state index in [-0.39, 0.29) is 17.6 Å². The fraction of sp³-hybridized carbons (Fsp3) is 0.217. The second-order valence-electron chi connectivity index (χ2n) is 6.99. The van der Waals surface area contributed by atoms with Gasteiger partial charge in [-0.1, -0.05) is 32.0 Å². The maximum absolute atomic E-state index is 12.5. The first kappa shape index (κ1) is 20.2. The number of anilines is 2. The van der Waals surface area contributed by atoms with Crippen LogP contribution in [0.5, 0.6) is 5.75 Å². The van der Waals surface area contributed by atoms with Gasteiger partial charge in [0, 0.05) is 11.4 Å². The van der Waals surface area contributed by atoms with Crippen LogP contribution in [0, 0.1) is 0 Å². The lowest BCUT2D eigenvalue weighted by Crippen LogP contribution is -2.30. The van der Waals surface area contributed by atoms with E-state index in [0.29, 0.717) is 23.0 Å². The summed E-state index contributed by atoms with van der Waals surface area (Å²) in [7, 11) is 0. The van der Waals surface area contributed by atoms with E-state index >= 15 is 0 Å². The Morgan fingerprint density at radius 1 is 0.897 bits per heavy atom. The summed E-state index contributed by atoms with van der Waals surface area (Å²) in [6.07, 6.45) is 0.754. The van der Waals surface area contributed by atoms with Crippen molar-refractivity contribution in [2.24, 2.45) is 0 Å².